The molecule has 0 spiro atoms. The molecule has 4 rings (SSSR count). The Kier molecular flexibility index (Phi) is 5.97. The van der Waals surface area contributed by atoms with E-state index in [-0.39, 0.29) is 12.5 Å². The van der Waals surface area contributed by atoms with Crippen molar-refractivity contribution in [3.63, 3.8) is 0 Å². The maximum absolute atomic E-state index is 12.2. The fourth-order valence-corrected chi connectivity index (χ4v) is 3.08. The molecule has 3 aromatic rings. The summed E-state index contributed by atoms with van der Waals surface area (Å²) >= 11 is 0. The lowest BCUT2D eigenvalue weighted by Crippen LogP contribution is -2.36. The Morgan fingerprint density at radius 2 is 1.72 bits per heavy atom. The first kappa shape index (κ1) is 18.9. The normalized spacial score (nSPS) is 13.7. The third kappa shape index (κ3) is 5.08. The molecule has 0 aliphatic carbocycles. The monoisotopic (exact) mass is 390 g/mol. The summed E-state index contributed by atoms with van der Waals surface area (Å²) in [5.41, 5.74) is 2.23. The van der Waals surface area contributed by atoms with Gasteiger partial charge in [0.05, 0.1) is 13.2 Å². The summed E-state index contributed by atoms with van der Waals surface area (Å²) in [5, 5.41) is 2.76. The molecular formula is C22H22N4O3. The van der Waals surface area contributed by atoms with Gasteiger partial charge in [0.2, 0.25) is 0 Å². The summed E-state index contributed by atoms with van der Waals surface area (Å²) in [6, 6.07) is 19.5. The van der Waals surface area contributed by atoms with Crippen LogP contribution in [0.25, 0.3) is 11.1 Å². The number of morpholine rings is 1. The summed E-state index contributed by atoms with van der Waals surface area (Å²) in [4.78, 5) is 22.7. The van der Waals surface area contributed by atoms with E-state index in [1.54, 1.807) is 6.07 Å². The molecular weight excluding hydrogens is 368 g/mol. The molecule has 2 heterocycles. The first-order valence-electron chi connectivity index (χ1n) is 9.51. The molecule has 7 nitrogen and oxygen atoms in total. The van der Waals surface area contributed by atoms with Gasteiger partial charge in [-0.2, -0.15) is 0 Å². The van der Waals surface area contributed by atoms with Crippen LogP contribution >= 0.6 is 0 Å². The lowest BCUT2D eigenvalue weighted by Gasteiger charge is -2.27. The molecule has 1 N–H and O–H groups in total. The zero-order valence-corrected chi connectivity index (χ0v) is 16.0. The number of carbonyl (C=O) groups is 1. The molecule has 2 aromatic carbocycles. The number of anilines is 2. The Bertz CT molecular complexity index is 942. The van der Waals surface area contributed by atoms with Crippen LogP contribution in [0.4, 0.5) is 11.6 Å². The minimum atomic E-state index is -0.274. The molecule has 1 saturated heterocycles. The van der Waals surface area contributed by atoms with Gasteiger partial charge in [0.25, 0.3) is 5.91 Å². The van der Waals surface area contributed by atoms with Crippen LogP contribution in [-0.4, -0.2) is 48.8 Å². The summed E-state index contributed by atoms with van der Waals surface area (Å²) in [7, 11) is 0. The highest BCUT2D eigenvalue weighted by Crippen LogP contribution is 2.22. The van der Waals surface area contributed by atoms with Gasteiger partial charge in [-0.15, -0.1) is 0 Å². The number of ether oxygens (including phenoxy) is 2. The Morgan fingerprint density at radius 3 is 2.48 bits per heavy atom. The van der Waals surface area contributed by atoms with Crippen molar-refractivity contribution in [1.29, 1.82) is 0 Å². The topological polar surface area (TPSA) is 76.6 Å². The van der Waals surface area contributed by atoms with Crippen LogP contribution in [0, 0.1) is 0 Å². The number of benzene rings is 2. The van der Waals surface area contributed by atoms with Crippen molar-refractivity contribution in [2.45, 2.75) is 0 Å². The fourth-order valence-electron chi connectivity index (χ4n) is 3.08. The Balaban J connectivity index is 1.31. The van der Waals surface area contributed by atoms with Crippen LogP contribution in [-0.2, 0) is 9.53 Å². The largest absolute Gasteiger partial charge is 0.484 e. The van der Waals surface area contributed by atoms with Crippen LogP contribution in [0.5, 0.6) is 5.75 Å². The van der Waals surface area contributed by atoms with E-state index in [9.17, 15) is 4.79 Å². The van der Waals surface area contributed by atoms with Gasteiger partial charge in [-0.1, -0.05) is 42.5 Å². The second-order valence-electron chi connectivity index (χ2n) is 6.59. The summed E-state index contributed by atoms with van der Waals surface area (Å²) in [6.45, 7) is 2.78. The maximum Gasteiger partial charge on any atom is 0.263 e. The van der Waals surface area contributed by atoms with Gasteiger partial charge < -0.3 is 19.7 Å². The standard InChI is InChI=1S/C22H22N4O3/c27-22(25-20-14-21(24-16-23-20)26-10-12-28-13-11-26)15-29-19-8-6-18(7-9-19)17-4-2-1-3-5-17/h1-9,14,16H,10-13,15H2,(H,23,24,25,27). The number of hydrogen-bond donors (Lipinski definition) is 1. The van der Waals surface area contributed by atoms with Crippen molar-refractivity contribution in [1.82, 2.24) is 9.97 Å². The van der Waals surface area contributed by atoms with E-state index in [1.807, 2.05) is 42.5 Å². The summed E-state index contributed by atoms with van der Waals surface area (Å²) < 4.78 is 10.9. The van der Waals surface area contributed by atoms with Crippen molar-refractivity contribution in [2.75, 3.05) is 43.1 Å². The van der Waals surface area contributed by atoms with Crippen molar-refractivity contribution in [3.8, 4) is 16.9 Å². The zero-order valence-electron chi connectivity index (χ0n) is 16.0. The molecule has 1 aliphatic rings. The van der Waals surface area contributed by atoms with Crippen molar-refractivity contribution >= 4 is 17.5 Å². The molecule has 1 amide bonds. The molecule has 148 valence electrons. The molecule has 1 aromatic heterocycles. The van der Waals surface area contributed by atoms with E-state index in [0.717, 1.165) is 30.0 Å². The minimum Gasteiger partial charge on any atom is -0.484 e. The van der Waals surface area contributed by atoms with Gasteiger partial charge in [0.15, 0.2) is 6.61 Å². The summed E-state index contributed by atoms with van der Waals surface area (Å²) in [5.74, 6) is 1.59. The maximum atomic E-state index is 12.2. The number of carbonyl (C=O) groups excluding carboxylic acids is 1. The lowest BCUT2D eigenvalue weighted by atomic mass is 10.1. The molecule has 0 radical (unpaired) electrons. The second-order valence-corrected chi connectivity index (χ2v) is 6.59. The molecule has 0 bridgehead atoms. The highest BCUT2D eigenvalue weighted by Gasteiger charge is 2.14. The van der Waals surface area contributed by atoms with E-state index in [0.29, 0.717) is 24.8 Å². The van der Waals surface area contributed by atoms with Gasteiger partial charge in [0.1, 0.15) is 23.7 Å². The molecule has 7 heteroatoms. The molecule has 1 aliphatic heterocycles. The number of rotatable bonds is 6. The van der Waals surface area contributed by atoms with Crippen molar-refractivity contribution in [3.05, 3.63) is 67.0 Å². The zero-order chi connectivity index (χ0) is 19.9. The van der Waals surface area contributed by atoms with Gasteiger partial charge in [-0.3, -0.25) is 4.79 Å². The SMILES string of the molecule is O=C(COc1ccc(-c2ccccc2)cc1)Nc1cc(N2CCOCC2)ncn1. The van der Waals surface area contributed by atoms with Crippen molar-refractivity contribution < 1.29 is 14.3 Å². The van der Waals surface area contributed by atoms with E-state index < -0.39 is 0 Å². The second kappa shape index (κ2) is 9.16. The molecule has 0 unspecified atom stereocenters. The highest BCUT2D eigenvalue weighted by molar-refractivity contribution is 5.91. The molecule has 29 heavy (non-hydrogen) atoms. The third-order valence-electron chi connectivity index (χ3n) is 4.59. The van der Waals surface area contributed by atoms with Crippen LogP contribution in [0.2, 0.25) is 0 Å². The summed E-state index contributed by atoms with van der Waals surface area (Å²) in [6.07, 6.45) is 1.45. The first-order chi connectivity index (χ1) is 14.3. The third-order valence-corrected chi connectivity index (χ3v) is 4.59. The van der Waals surface area contributed by atoms with Gasteiger partial charge in [-0.05, 0) is 23.3 Å². The molecule has 0 atom stereocenters. The minimum absolute atomic E-state index is 0.0957. The van der Waals surface area contributed by atoms with E-state index in [4.69, 9.17) is 9.47 Å². The lowest BCUT2D eigenvalue weighted by molar-refractivity contribution is -0.118. The van der Waals surface area contributed by atoms with E-state index in [1.165, 1.54) is 6.33 Å². The number of hydrogen-bond acceptors (Lipinski definition) is 6. The first-order valence-corrected chi connectivity index (χ1v) is 9.51. The van der Waals surface area contributed by atoms with Crippen LogP contribution in [0.1, 0.15) is 0 Å². The van der Waals surface area contributed by atoms with Gasteiger partial charge in [0, 0.05) is 19.2 Å². The van der Waals surface area contributed by atoms with E-state index >= 15 is 0 Å². The Labute approximate surface area is 169 Å². The Hall–Kier alpha value is -3.45. The van der Waals surface area contributed by atoms with Crippen LogP contribution in [0.3, 0.4) is 0 Å². The smallest absolute Gasteiger partial charge is 0.263 e. The predicted molar refractivity (Wildman–Crippen MR) is 111 cm³/mol. The molecule has 1 fully saturated rings. The molecule has 0 saturated carbocycles. The number of amides is 1. The van der Waals surface area contributed by atoms with Crippen LogP contribution < -0.4 is 15.0 Å². The average Bonchev–Trinajstić information content (AvgIpc) is 2.79. The quantitative estimate of drug-likeness (QED) is 0.697. The highest BCUT2D eigenvalue weighted by atomic mass is 16.5. The van der Waals surface area contributed by atoms with Crippen LogP contribution in [0.15, 0.2) is 67.0 Å². The average molecular weight is 390 g/mol. The number of aromatic nitrogens is 2. The number of nitrogens with zero attached hydrogens (tertiary/aromatic N) is 3. The predicted octanol–water partition coefficient (Wildman–Crippen LogP) is 3.00. The number of nitrogens with one attached hydrogen (secondary N) is 1. The fraction of sp³-hybridized carbons (Fsp3) is 0.227. The Morgan fingerprint density at radius 1 is 1.00 bits per heavy atom. The van der Waals surface area contributed by atoms with Gasteiger partial charge in [-0.25, -0.2) is 9.97 Å². The van der Waals surface area contributed by atoms with Gasteiger partial charge >= 0.3 is 0 Å². The van der Waals surface area contributed by atoms with E-state index in [2.05, 4.69) is 32.3 Å². The van der Waals surface area contributed by atoms with Crippen molar-refractivity contribution in [2.24, 2.45) is 0 Å².